The first kappa shape index (κ1) is 18.8. The predicted molar refractivity (Wildman–Crippen MR) is 93.4 cm³/mol. The molecule has 0 unspecified atom stereocenters. The predicted octanol–water partition coefficient (Wildman–Crippen LogP) is 1.32. The third-order valence-corrected chi connectivity index (χ3v) is 4.53. The van der Waals surface area contributed by atoms with E-state index in [2.05, 4.69) is 5.32 Å². The number of carbonyl (C=O) groups excluding carboxylic acids is 1. The molecule has 2 rings (SSSR count). The van der Waals surface area contributed by atoms with Crippen molar-refractivity contribution in [1.29, 1.82) is 0 Å². The van der Waals surface area contributed by atoms with Crippen molar-refractivity contribution in [2.24, 2.45) is 5.14 Å². The number of carbonyl (C=O) groups is 1. The lowest BCUT2D eigenvalue weighted by Gasteiger charge is -2.11. The molecule has 0 aliphatic carbocycles. The van der Waals surface area contributed by atoms with Crippen LogP contribution in [0.5, 0.6) is 11.5 Å². The van der Waals surface area contributed by atoms with Gasteiger partial charge in [-0.1, -0.05) is 12.1 Å². The summed E-state index contributed by atoms with van der Waals surface area (Å²) < 4.78 is 32.7. The smallest absolute Gasteiger partial charge is 0.255 e. The molecule has 0 radical (unpaired) electrons. The molecule has 0 spiro atoms. The Morgan fingerprint density at radius 1 is 1.08 bits per heavy atom. The monoisotopic (exact) mass is 364 g/mol. The number of hydrogen-bond acceptors (Lipinski definition) is 5. The minimum absolute atomic E-state index is 0.0569. The number of hydrogen-bond donors (Lipinski definition) is 2. The van der Waals surface area contributed by atoms with Crippen molar-refractivity contribution in [3.8, 4) is 11.5 Å². The van der Waals surface area contributed by atoms with Crippen molar-refractivity contribution in [1.82, 2.24) is 5.32 Å². The molecule has 1 amide bonds. The fourth-order valence-electron chi connectivity index (χ4n) is 2.25. The summed E-state index contributed by atoms with van der Waals surface area (Å²) in [6.07, 6.45) is 0.545. The molecule has 2 aromatic rings. The largest absolute Gasteiger partial charge is 0.497 e. The maximum atomic E-state index is 12.3. The number of benzene rings is 2. The first-order valence-corrected chi connectivity index (χ1v) is 9.01. The first-order valence-electron chi connectivity index (χ1n) is 7.47. The molecule has 2 aromatic carbocycles. The second-order valence-electron chi connectivity index (χ2n) is 5.26. The van der Waals surface area contributed by atoms with E-state index in [9.17, 15) is 13.2 Å². The highest BCUT2D eigenvalue weighted by molar-refractivity contribution is 7.89. The molecule has 134 valence electrons. The van der Waals surface area contributed by atoms with E-state index in [0.717, 1.165) is 5.56 Å². The van der Waals surface area contributed by atoms with Crippen LogP contribution in [-0.4, -0.2) is 35.1 Å². The summed E-state index contributed by atoms with van der Waals surface area (Å²) in [6, 6.07) is 11.2. The van der Waals surface area contributed by atoms with Crippen LogP contribution < -0.4 is 19.9 Å². The zero-order valence-corrected chi connectivity index (χ0v) is 14.8. The molecular formula is C17H20N2O5S. The quantitative estimate of drug-likeness (QED) is 0.770. The van der Waals surface area contributed by atoms with Gasteiger partial charge < -0.3 is 14.8 Å². The molecule has 0 atom stereocenters. The Bertz CT molecular complexity index is 848. The second-order valence-corrected chi connectivity index (χ2v) is 6.82. The Morgan fingerprint density at radius 2 is 1.76 bits per heavy atom. The van der Waals surface area contributed by atoms with E-state index in [4.69, 9.17) is 14.6 Å². The highest BCUT2D eigenvalue weighted by Crippen LogP contribution is 2.23. The van der Waals surface area contributed by atoms with Crippen LogP contribution in [-0.2, 0) is 16.4 Å². The number of nitrogens with one attached hydrogen (secondary N) is 1. The van der Waals surface area contributed by atoms with Gasteiger partial charge in [0, 0.05) is 6.54 Å². The summed E-state index contributed by atoms with van der Waals surface area (Å²) in [7, 11) is -0.685. The van der Waals surface area contributed by atoms with Gasteiger partial charge in [-0.05, 0) is 42.3 Å². The van der Waals surface area contributed by atoms with Crippen molar-refractivity contribution in [2.45, 2.75) is 11.3 Å². The third kappa shape index (κ3) is 4.94. The number of amides is 1. The summed E-state index contributed by atoms with van der Waals surface area (Å²) >= 11 is 0. The summed E-state index contributed by atoms with van der Waals surface area (Å²) in [6.45, 7) is 0.383. The van der Waals surface area contributed by atoms with Gasteiger partial charge in [-0.3, -0.25) is 4.79 Å². The average Bonchev–Trinajstić information content (AvgIpc) is 2.60. The Morgan fingerprint density at radius 3 is 2.32 bits per heavy atom. The van der Waals surface area contributed by atoms with Gasteiger partial charge in [0.25, 0.3) is 5.91 Å². The number of nitrogens with two attached hydrogens (primary N) is 1. The normalized spacial score (nSPS) is 11.0. The molecule has 0 saturated heterocycles. The molecular weight excluding hydrogens is 344 g/mol. The van der Waals surface area contributed by atoms with E-state index >= 15 is 0 Å². The van der Waals surface area contributed by atoms with Gasteiger partial charge in [-0.25, -0.2) is 13.6 Å². The minimum Gasteiger partial charge on any atom is -0.497 e. The van der Waals surface area contributed by atoms with Gasteiger partial charge in [-0.2, -0.15) is 0 Å². The fourth-order valence-corrected chi connectivity index (χ4v) is 2.77. The second kappa shape index (κ2) is 8.00. The fraction of sp³-hybridized carbons (Fsp3) is 0.235. The summed E-state index contributed by atoms with van der Waals surface area (Å²) in [4.78, 5) is 12.4. The van der Waals surface area contributed by atoms with Crippen molar-refractivity contribution in [3.05, 3.63) is 53.6 Å². The summed E-state index contributed by atoms with van der Waals surface area (Å²) in [5.41, 5.74) is 1.26. The Kier molecular flexibility index (Phi) is 6.00. The highest BCUT2D eigenvalue weighted by Gasteiger charge is 2.13. The van der Waals surface area contributed by atoms with Gasteiger partial charge in [0.05, 0.1) is 24.7 Å². The number of rotatable bonds is 7. The Labute approximate surface area is 146 Å². The standard InChI is InChI=1S/C17H20N2O5S/c1-23-13-5-8-16(24-2)15(11-13)17(20)19-10-9-12-3-6-14(7-4-12)25(18,21)22/h3-8,11H,9-10H2,1-2H3,(H,19,20)(H2,18,21,22). The van der Waals surface area contributed by atoms with Crippen LogP contribution in [0.3, 0.4) is 0 Å². The molecule has 8 heteroatoms. The van der Waals surface area contributed by atoms with Crippen LogP contribution in [0.2, 0.25) is 0 Å². The number of ether oxygens (including phenoxy) is 2. The van der Waals surface area contributed by atoms with Gasteiger partial charge in [0.1, 0.15) is 11.5 Å². The van der Waals surface area contributed by atoms with Crippen molar-refractivity contribution < 1.29 is 22.7 Å². The Balaban J connectivity index is 1.99. The van der Waals surface area contributed by atoms with E-state index in [1.807, 2.05) is 0 Å². The zero-order chi connectivity index (χ0) is 18.4. The van der Waals surface area contributed by atoms with Gasteiger partial charge in [0.15, 0.2) is 0 Å². The SMILES string of the molecule is COc1ccc(OC)c(C(=O)NCCc2ccc(S(N)(=O)=O)cc2)c1. The van der Waals surface area contributed by atoms with E-state index in [1.54, 1.807) is 30.3 Å². The molecule has 3 N–H and O–H groups in total. The van der Waals surface area contributed by atoms with Crippen LogP contribution >= 0.6 is 0 Å². The van der Waals surface area contributed by atoms with Crippen LogP contribution in [0.25, 0.3) is 0 Å². The van der Waals surface area contributed by atoms with Crippen LogP contribution in [0.1, 0.15) is 15.9 Å². The lowest BCUT2D eigenvalue weighted by molar-refractivity contribution is 0.0950. The molecule has 0 aromatic heterocycles. The van der Waals surface area contributed by atoms with Crippen molar-refractivity contribution in [2.75, 3.05) is 20.8 Å². The first-order chi connectivity index (χ1) is 11.8. The maximum absolute atomic E-state index is 12.3. The van der Waals surface area contributed by atoms with E-state index < -0.39 is 10.0 Å². The van der Waals surface area contributed by atoms with Crippen LogP contribution in [0, 0.1) is 0 Å². The summed E-state index contributed by atoms with van der Waals surface area (Å²) in [5, 5.41) is 7.86. The summed E-state index contributed by atoms with van der Waals surface area (Å²) in [5.74, 6) is 0.734. The van der Waals surface area contributed by atoms with Crippen molar-refractivity contribution >= 4 is 15.9 Å². The van der Waals surface area contributed by atoms with Gasteiger partial charge in [-0.15, -0.1) is 0 Å². The topological polar surface area (TPSA) is 108 Å². The lowest BCUT2D eigenvalue weighted by atomic mass is 10.1. The molecule has 0 aliphatic rings. The zero-order valence-electron chi connectivity index (χ0n) is 14.0. The number of sulfonamides is 1. The molecule has 0 fully saturated rings. The molecule has 0 bridgehead atoms. The van der Waals surface area contributed by atoms with E-state index in [1.165, 1.54) is 26.4 Å². The van der Waals surface area contributed by atoms with Gasteiger partial charge in [0.2, 0.25) is 10.0 Å². The van der Waals surface area contributed by atoms with E-state index in [0.29, 0.717) is 30.0 Å². The number of primary sulfonamides is 1. The molecule has 7 nitrogen and oxygen atoms in total. The minimum atomic E-state index is -3.70. The highest BCUT2D eigenvalue weighted by atomic mass is 32.2. The maximum Gasteiger partial charge on any atom is 0.255 e. The number of methoxy groups -OCH3 is 2. The average molecular weight is 364 g/mol. The molecule has 0 heterocycles. The van der Waals surface area contributed by atoms with Crippen molar-refractivity contribution in [3.63, 3.8) is 0 Å². The molecule has 25 heavy (non-hydrogen) atoms. The molecule has 0 aliphatic heterocycles. The van der Waals surface area contributed by atoms with Crippen LogP contribution in [0.15, 0.2) is 47.4 Å². The van der Waals surface area contributed by atoms with Crippen LogP contribution in [0.4, 0.5) is 0 Å². The van der Waals surface area contributed by atoms with E-state index in [-0.39, 0.29) is 10.8 Å². The Hall–Kier alpha value is -2.58. The van der Waals surface area contributed by atoms with Gasteiger partial charge >= 0.3 is 0 Å². The molecule has 0 saturated carbocycles. The lowest BCUT2D eigenvalue weighted by Crippen LogP contribution is -2.26. The third-order valence-electron chi connectivity index (χ3n) is 3.60.